The summed E-state index contributed by atoms with van der Waals surface area (Å²) in [6.45, 7) is 17.3. The van der Waals surface area contributed by atoms with Crippen LogP contribution in [0.2, 0.25) is 0 Å². The Labute approximate surface area is 548 Å². The molecular formula is C76H93N7O10. The molecule has 93 heavy (non-hydrogen) atoms. The van der Waals surface area contributed by atoms with E-state index in [0.717, 1.165) is 113 Å². The number of esters is 1. The molecule has 17 heteroatoms. The van der Waals surface area contributed by atoms with Crippen LogP contribution in [0.15, 0.2) is 121 Å². The van der Waals surface area contributed by atoms with Gasteiger partial charge in [0.25, 0.3) is 0 Å². The molecule has 0 unspecified atom stereocenters. The van der Waals surface area contributed by atoms with Gasteiger partial charge in [0.15, 0.2) is 0 Å². The first-order valence-electron chi connectivity index (χ1n) is 33.1. The van der Waals surface area contributed by atoms with Crippen molar-refractivity contribution in [1.29, 1.82) is 0 Å². The molecule has 0 aromatic heterocycles. The van der Waals surface area contributed by atoms with Gasteiger partial charge in [-0.25, -0.2) is 14.4 Å². The summed E-state index contributed by atoms with van der Waals surface area (Å²) < 4.78 is 33.0. The minimum Gasteiger partial charge on any atom is -0.493 e. The number of unbranched alkanes of at least 4 members (excludes halogenated alkanes) is 7. The molecule has 7 N–H and O–H groups in total. The van der Waals surface area contributed by atoms with Gasteiger partial charge >= 0.3 is 24.1 Å². The van der Waals surface area contributed by atoms with E-state index in [1.165, 1.54) is 6.92 Å². The van der Waals surface area contributed by atoms with Crippen LogP contribution < -0.4 is 56.2 Å². The fraction of sp³-hybridized carbons (Fsp3) is 0.382. The van der Waals surface area contributed by atoms with E-state index in [4.69, 9.17) is 23.7 Å². The first-order chi connectivity index (χ1) is 45.1. The first-order valence-corrected chi connectivity index (χ1v) is 33.1. The molecule has 8 bridgehead atoms. The monoisotopic (exact) mass is 1260 g/mol. The van der Waals surface area contributed by atoms with E-state index in [0.29, 0.717) is 122 Å². The Morgan fingerprint density at radius 3 is 0.871 bits per heavy atom. The Morgan fingerprint density at radius 2 is 0.591 bits per heavy atom. The Morgan fingerprint density at radius 1 is 0.333 bits per heavy atom. The number of carbonyl (C=O) groups excluding carboxylic acids is 5. The zero-order chi connectivity index (χ0) is 66.1. The maximum Gasteiger partial charge on any atom is 0.323 e. The second kappa shape index (κ2) is 35.3. The van der Waals surface area contributed by atoms with Crippen molar-refractivity contribution < 1.29 is 47.7 Å². The lowest BCUT2D eigenvalue weighted by Gasteiger charge is -2.25. The van der Waals surface area contributed by atoms with Crippen LogP contribution in [0, 0.1) is 20.8 Å². The smallest absolute Gasteiger partial charge is 0.323 e. The highest BCUT2D eigenvalue weighted by molar-refractivity contribution is 6.02. The molecule has 0 radical (unpaired) electrons. The van der Waals surface area contributed by atoms with Gasteiger partial charge in [-0.05, 0) is 145 Å². The summed E-state index contributed by atoms with van der Waals surface area (Å²) >= 11 is 0. The molecule has 0 spiro atoms. The summed E-state index contributed by atoms with van der Waals surface area (Å²) in [4.78, 5) is 67.6. The van der Waals surface area contributed by atoms with Gasteiger partial charge in [0.1, 0.15) is 23.0 Å². The van der Waals surface area contributed by atoms with E-state index < -0.39 is 18.1 Å². The van der Waals surface area contributed by atoms with Crippen molar-refractivity contribution in [2.24, 2.45) is 0 Å². The number of anilines is 7. The van der Waals surface area contributed by atoms with Crippen molar-refractivity contribution in [3.63, 3.8) is 0 Å². The van der Waals surface area contributed by atoms with E-state index >= 15 is 0 Å². The number of ether oxygens (including phenoxy) is 5. The molecule has 7 aromatic carbocycles. The van der Waals surface area contributed by atoms with Crippen LogP contribution in [0.1, 0.15) is 173 Å². The minimum atomic E-state index is -0.450. The van der Waals surface area contributed by atoms with E-state index in [2.05, 4.69) is 58.0 Å². The van der Waals surface area contributed by atoms with Gasteiger partial charge in [0, 0.05) is 123 Å². The third-order valence-electron chi connectivity index (χ3n) is 15.7. The maximum absolute atomic E-state index is 14.2. The van der Waals surface area contributed by atoms with Crippen molar-refractivity contribution >= 4 is 69.8 Å². The fourth-order valence-corrected chi connectivity index (χ4v) is 11.4. The zero-order valence-electron chi connectivity index (χ0n) is 55.5. The van der Waals surface area contributed by atoms with Crippen molar-refractivity contribution in [3.05, 3.63) is 183 Å². The molecular weight excluding hydrogens is 1170 g/mol. The minimum absolute atomic E-state index is 0.139. The molecule has 492 valence electrons. The predicted molar refractivity (Wildman–Crippen MR) is 374 cm³/mol. The molecule has 0 fully saturated rings. The topological polar surface area (TPSA) is 216 Å². The van der Waals surface area contributed by atoms with Gasteiger partial charge in [0.2, 0.25) is 5.91 Å². The van der Waals surface area contributed by atoms with Crippen LogP contribution in [0.4, 0.5) is 54.2 Å². The molecule has 0 aliphatic heterocycles. The quantitative estimate of drug-likeness (QED) is 0.0174. The zero-order valence-corrected chi connectivity index (χ0v) is 55.5. The highest BCUT2D eigenvalue weighted by Crippen LogP contribution is 2.43. The van der Waals surface area contributed by atoms with Crippen LogP contribution in [-0.2, 0) is 40.0 Å². The number of hydrogen-bond acceptors (Lipinski definition) is 10. The first kappa shape index (κ1) is 69.4. The second-order valence-corrected chi connectivity index (χ2v) is 24.0. The number of carbonyl (C=O) groups is 5. The molecule has 7 amide bonds. The van der Waals surface area contributed by atoms with Gasteiger partial charge in [-0.3, -0.25) is 9.59 Å². The van der Waals surface area contributed by atoms with Gasteiger partial charge < -0.3 is 60.9 Å². The summed E-state index contributed by atoms with van der Waals surface area (Å²) in [5.74, 6) is 2.02. The normalized spacial score (nSPS) is 11.6. The molecule has 1 aliphatic rings. The highest BCUT2D eigenvalue weighted by atomic mass is 16.5. The Kier molecular flexibility index (Phi) is 26.4. The van der Waals surface area contributed by atoms with E-state index in [1.54, 1.807) is 0 Å². The summed E-state index contributed by atoms with van der Waals surface area (Å²) in [5, 5.41) is 21.6. The fourth-order valence-electron chi connectivity index (χ4n) is 11.4. The summed E-state index contributed by atoms with van der Waals surface area (Å²) in [6, 6.07) is 36.9. The average molecular weight is 1260 g/mol. The van der Waals surface area contributed by atoms with Crippen molar-refractivity contribution in [1.82, 2.24) is 0 Å². The molecule has 0 heterocycles. The van der Waals surface area contributed by atoms with Crippen LogP contribution in [0.25, 0.3) is 0 Å². The SMILES string of the molecule is CCCOc1c2cc(NC(=O)Nc3ccc(C)cc3)cc1Cc1cc(NC(=O)Nc3ccc(C)cc3)cc(c1OCCC)Cc1cc(NC(C)=O)cc(c1OCCCCCCCCCCC(=O)OCC)Cc1cc(NC(=O)Nc3ccc(C)cc3)cc(c1OCCC)C2. The number of benzene rings is 7. The number of nitrogens with one attached hydrogen (secondary N) is 7. The summed E-state index contributed by atoms with van der Waals surface area (Å²) in [5.41, 5.74) is 13.0. The van der Waals surface area contributed by atoms with Gasteiger partial charge in [-0.1, -0.05) is 112 Å². The third kappa shape index (κ3) is 21.5. The molecule has 0 saturated heterocycles. The third-order valence-corrected chi connectivity index (χ3v) is 15.7. The maximum atomic E-state index is 14.2. The lowest BCUT2D eigenvalue weighted by atomic mass is 9.90. The molecule has 17 nitrogen and oxygen atoms in total. The number of hydrogen-bond donors (Lipinski definition) is 7. The lowest BCUT2D eigenvalue weighted by Crippen LogP contribution is -2.20. The number of urea groups is 3. The molecule has 0 atom stereocenters. The molecule has 1 aliphatic carbocycles. The Bertz CT molecular complexity index is 3490. The highest BCUT2D eigenvalue weighted by Gasteiger charge is 2.26. The lowest BCUT2D eigenvalue weighted by molar-refractivity contribution is -0.143. The number of rotatable bonds is 29. The number of fused-ring (bicyclic) bond motifs is 8. The van der Waals surface area contributed by atoms with E-state index in [-0.39, 0.29) is 37.6 Å². The van der Waals surface area contributed by atoms with Crippen LogP contribution in [0.5, 0.6) is 23.0 Å². The average Bonchev–Trinajstić information content (AvgIpc) is 0.798. The van der Waals surface area contributed by atoms with Crippen LogP contribution in [0.3, 0.4) is 0 Å². The van der Waals surface area contributed by atoms with Crippen molar-refractivity contribution in [3.8, 4) is 23.0 Å². The molecule has 7 aromatic rings. The summed E-state index contributed by atoms with van der Waals surface area (Å²) in [7, 11) is 0. The largest absolute Gasteiger partial charge is 0.493 e. The molecule has 0 saturated carbocycles. The van der Waals surface area contributed by atoms with Gasteiger partial charge in [-0.2, -0.15) is 0 Å². The van der Waals surface area contributed by atoms with E-state index in [1.807, 2.05) is 149 Å². The van der Waals surface area contributed by atoms with Crippen LogP contribution >= 0.6 is 0 Å². The standard InChI is InChI=1S/C76H93N7O10/c1-9-34-90-70-56-38-54-42-65(77-53(8)84)43-55(73(54)93-37-20-18-16-14-13-15-17-19-21-69(85)89-12-4)39-57-45-67(82-75(87)79-63-30-24-51(6)25-31-63)47-59(71(57)91-35-10-2)41-61-49-68(83-76(88)80-64-32-26-52(7)27-33-64)48-60(72(61)92-36-11-3)40-58(70)46-66(44-56)81-74(86)78-62-28-22-50(5)23-29-62/h22-33,42-49H,9-21,34-41H2,1-8H3,(H,77,84)(H2,78,81,86)(H2,79,82,87)(H2,80,83,88). The Hall–Kier alpha value is -9.51. The Balaban J connectivity index is 1.31. The number of amides is 7. The van der Waals surface area contributed by atoms with Gasteiger partial charge in [-0.15, -0.1) is 0 Å². The predicted octanol–water partition coefficient (Wildman–Crippen LogP) is 18.0. The number of aryl methyl sites for hydroxylation is 3. The van der Waals surface area contributed by atoms with Gasteiger partial charge in [0.05, 0.1) is 33.0 Å². The van der Waals surface area contributed by atoms with Crippen molar-refractivity contribution in [2.45, 2.75) is 158 Å². The molecule has 8 rings (SSSR count). The second-order valence-electron chi connectivity index (χ2n) is 24.0. The van der Waals surface area contributed by atoms with Crippen molar-refractivity contribution in [2.75, 3.05) is 70.3 Å². The van der Waals surface area contributed by atoms with E-state index in [9.17, 15) is 24.0 Å². The van der Waals surface area contributed by atoms with Crippen LogP contribution in [-0.4, -0.2) is 63.0 Å². The summed E-state index contributed by atoms with van der Waals surface area (Å²) in [6.07, 6.45) is 11.1.